The number of carbonyl (C=O) groups excluding carboxylic acids is 1. The molecule has 0 bridgehead atoms. The minimum Gasteiger partial charge on any atom is -0.325 e. The molecule has 1 atom stereocenters. The molecule has 4 nitrogen and oxygen atoms in total. The number of hydrogen-bond donors (Lipinski definition) is 1. The van der Waals surface area contributed by atoms with E-state index in [4.69, 9.17) is 0 Å². The van der Waals surface area contributed by atoms with Gasteiger partial charge in [0, 0.05) is 5.69 Å². The van der Waals surface area contributed by atoms with Crippen LogP contribution in [0.15, 0.2) is 32.9 Å². The number of amides is 1. The molecule has 1 aromatic heterocycles. The van der Waals surface area contributed by atoms with E-state index in [-0.39, 0.29) is 17.0 Å². The van der Waals surface area contributed by atoms with E-state index < -0.39 is 0 Å². The number of rotatable bonds is 5. The number of halogens is 1. The van der Waals surface area contributed by atoms with Crippen LogP contribution >= 0.6 is 34.9 Å². The van der Waals surface area contributed by atoms with E-state index in [1.54, 1.807) is 19.1 Å². The number of anilines is 1. The van der Waals surface area contributed by atoms with Crippen LogP contribution in [0.2, 0.25) is 0 Å². The van der Waals surface area contributed by atoms with E-state index in [1.165, 1.54) is 47.0 Å². The summed E-state index contributed by atoms with van der Waals surface area (Å²) in [6.45, 7) is 1.78. The molecule has 1 aromatic carbocycles. The molecule has 20 heavy (non-hydrogen) atoms. The number of aromatic nitrogens is 2. The largest absolute Gasteiger partial charge is 0.325 e. The molecule has 1 amide bonds. The molecule has 0 fully saturated rings. The van der Waals surface area contributed by atoms with Gasteiger partial charge < -0.3 is 5.32 Å². The van der Waals surface area contributed by atoms with Crippen molar-refractivity contribution in [2.45, 2.75) is 20.9 Å². The SMILES string of the molecule is CSc1nnc(S[C@H](C)C(=O)Nc2cccc(F)c2)s1. The third-order valence-corrected chi connectivity index (χ3v) is 5.38. The van der Waals surface area contributed by atoms with Crippen LogP contribution in [0.1, 0.15) is 6.92 Å². The van der Waals surface area contributed by atoms with Gasteiger partial charge in [-0.15, -0.1) is 10.2 Å². The first kappa shape index (κ1) is 15.3. The molecule has 0 radical (unpaired) electrons. The van der Waals surface area contributed by atoms with Crippen molar-refractivity contribution in [1.29, 1.82) is 0 Å². The maximum Gasteiger partial charge on any atom is 0.237 e. The predicted octanol–water partition coefficient (Wildman–Crippen LogP) is 3.52. The molecule has 0 aliphatic carbocycles. The average Bonchev–Trinajstić information content (AvgIpc) is 2.86. The van der Waals surface area contributed by atoms with Crippen LogP contribution in [-0.2, 0) is 4.79 Å². The van der Waals surface area contributed by atoms with Crippen LogP contribution in [0.25, 0.3) is 0 Å². The van der Waals surface area contributed by atoms with Crippen molar-refractivity contribution in [2.24, 2.45) is 0 Å². The summed E-state index contributed by atoms with van der Waals surface area (Å²) in [5.41, 5.74) is 0.449. The van der Waals surface area contributed by atoms with Gasteiger partial charge in [0.15, 0.2) is 8.68 Å². The first-order valence-corrected chi connectivity index (χ1v) is 8.61. The Morgan fingerprint density at radius 3 is 2.80 bits per heavy atom. The fraction of sp³-hybridized carbons (Fsp3) is 0.250. The quantitative estimate of drug-likeness (QED) is 0.851. The molecule has 0 unspecified atom stereocenters. The molecule has 2 rings (SSSR count). The molecule has 0 saturated heterocycles. The zero-order chi connectivity index (χ0) is 14.5. The van der Waals surface area contributed by atoms with Gasteiger partial charge in [-0.3, -0.25) is 4.79 Å². The molecular formula is C12H12FN3OS3. The molecule has 0 aliphatic rings. The molecule has 1 N–H and O–H groups in total. The number of nitrogens with one attached hydrogen (secondary N) is 1. The predicted molar refractivity (Wildman–Crippen MR) is 82.0 cm³/mol. The lowest BCUT2D eigenvalue weighted by Gasteiger charge is -2.10. The third-order valence-electron chi connectivity index (χ3n) is 2.30. The summed E-state index contributed by atoms with van der Waals surface area (Å²) in [4.78, 5) is 12.0. The Labute approximate surface area is 128 Å². The van der Waals surface area contributed by atoms with E-state index in [9.17, 15) is 9.18 Å². The Hall–Kier alpha value is -1.12. The number of hydrogen-bond acceptors (Lipinski definition) is 6. The number of nitrogens with zero attached hydrogens (tertiary/aromatic N) is 2. The van der Waals surface area contributed by atoms with Crippen LogP contribution in [0, 0.1) is 5.82 Å². The van der Waals surface area contributed by atoms with Gasteiger partial charge in [0.1, 0.15) is 5.82 Å². The molecule has 0 aliphatic heterocycles. The number of benzene rings is 1. The molecule has 1 heterocycles. The topological polar surface area (TPSA) is 54.9 Å². The van der Waals surface area contributed by atoms with Gasteiger partial charge in [-0.25, -0.2) is 4.39 Å². The van der Waals surface area contributed by atoms with Crippen LogP contribution in [0.4, 0.5) is 10.1 Å². The third kappa shape index (κ3) is 4.19. The molecule has 2 aromatic rings. The normalized spacial score (nSPS) is 12.2. The highest BCUT2D eigenvalue weighted by atomic mass is 32.2. The summed E-state index contributed by atoms with van der Waals surface area (Å²) in [7, 11) is 0. The van der Waals surface area contributed by atoms with Crippen molar-refractivity contribution in [3.05, 3.63) is 30.1 Å². The lowest BCUT2D eigenvalue weighted by molar-refractivity contribution is -0.115. The molecule has 0 spiro atoms. The highest BCUT2D eigenvalue weighted by molar-refractivity contribution is 8.03. The average molecular weight is 329 g/mol. The second-order valence-corrected chi connectivity index (χ2v) is 7.42. The zero-order valence-corrected chi connectivity index (χ0v) is 13.2. The smallest absolute Gasteiger partial charge is 0.237 e. The van der Waals surface area contributed by atoms with Crippen LogP contribution in [0.3, 0.4) is 0 Å². The second-order valence-electron chi connectivity index (χ2n) is 3.80. The van der Waals surface area contributed by atoms with Gasteiger partial charge >= 0.3 is 0 Å². The van der Waals surface area contributed by atoms with Crippen LogP contribution in [-0.4, -0.2) is 27.6 Å². The van der Waals surface area contributed by atoms with E-state index in [1.807, 2.05) is 6.26 Å². The maximum atomic E-state index is 13.0. The molecule has 8 heteroatoms. The summed E-state index contributed by atoms with van der Waals surface area (Å²) >= 11 is 4.31. The van der Waals surface area contributed by atoms with E-state index in [2.05, 4.69) is 15.5 Å². The molecule has 0 saturated carbocycles. The van der Waals surface area contributed by atoms with Crippen molar-refractivity contribution in [2.75, 3.05) is 11.6 Å². The zero-order valence-electron chi connectivity index (χ0n) is 10.8. The number of thioether (sulfide) groups is 2. The standard InChI is InChI=1S/C12H12FN3OS3/c1-7(19-12-16-15-11(18-2)20-12)10(17)14-9-5-3-4-8(13)6-9/h3-7H,1-2H3,(H,14,17)/t7-/m1/s1. The van der Waals surface area contributed by atoms with Crippen molar-refractivity contribution >= 4 is 46.5 Å². The lowest BCUT2D eigenvalue weighted by atomic mass is 10.3. The monoisotopic (exact) mass is 329 g/mol. The minimum absolute atomic E-state index is 0.193. The van der Waals surface area contributed by atoms with Crippen molar-refractivity contribution in [3.8, 4) is 0 Å². The molecule has 106 valence electrons. The van der Waals surface area contributed by atoms with Crippen molar-refractivity contribution in [1.82, 2.24) is 10.2 Å². The summed E-state index contributed by atoms with van der Waals surface area (Å²) in [5.74, 6) is -0.571. The van der Waals surface area contributed by atoms with Crippen molar-refractivity contribution < 1.29 is 9.18 Å². The van der Waals surface area contributed by atoms with Gasteiger partial charge in [0.2, 0.25) is 5.91 Å². The Morgan fingerprint density at radius 2 is 2.15 bits per heavy atom. The Morgan fingerprint density at radius 1 is 1.40 bits per heavy atom. The Balaban J connectivity index is 1.95. The van der Waals surface area contributed by atoms with E-state index >= 15 is 0 Å². The van der Waals surface area contributed by atoms with Gasteiger partial charge in [0.25, 0.3) is 0 Å². The maximum absolute atomic E-state index is 13.0. The van der Waals surface area contributed by atoms with Crippen molar-refractivity contribution in [3.63, 3.8) is 0 Å². The fourth-order valence-corrected chi connectivity index (χ4v) is 3.92. The van der Waals surface area contributed by atoms with Gasteiger partial charge in [-0.1, -0.05) is 40.9 Å². The van der Waals surface area contributed by atoms with Crippen LogP contribution < -0.4 is 5.32 Å². The Bertz CT molecular complexity index is 605. The summed E-state index contributed by atoms with van der Waals surface area (Å²) < 4.78 is 14.6. The summed E-state index contributed by atoms with van der Waals surface area (Å²) in [5, 5.41) is 10.3. The minimum atomic E-state index is -0.378. The van der Waals surface area contributed by atoms with Gasteiger partial charge in [-0.2, -0.15) is 0 Å². The number of carbonyl (C=O) groups is 1. The second kappa shape index (κ2) is 7.05. The first-order chi connectivity index (χ1) is 9.58. The summed E-state index contributed by atoms with van der Waals surface area (Å²) in [6.07, 6.45) is 1.93. The fourth-order valence-electron chi connectivity index (χ4n) is 1.34. The van der Waals surface area contributed by atoms with E-state index in [0.717, 1.165) is 8.68 Å². The highest BCUT2D eigenvalue weighted by Crippen LogP contribution is 2.30. The van der Waals surface area contributed by atoms with Gasteiger partial charge in [0.05, 0.1) is 5.25 Å². The van der Waals surface area contributed by atoms with E-state index in [0.29, 0.717) is 5.69 Å². The lowest BCUT2D eigenvalue weighted by Crippen LogP contribution is -2.22. The van der Waals surface area contributed by atoms with Gasteiger partial charge in [-0.05, 0) is 31.4 Å². The van der Waals surface area contributed by atoms with Crippen LogP contribution in [0.5, 0.6) is 0 Å². The summed E-state index contributed by atoms with van der Waals surface area (Å²) in [6, 6.07) is 5.82. The highest BCUT2D eigenvalue weighted by Gasteiger charge is 2.17. The Kier molecular flexibility index (Phi) is 5.38. The molecular weight excluding hydrogens is 317 g/mol. The first-order valence-electron chi connectivity index (χ1n) is 5.69.